The fraction of sp³-hybridized carbons (Fsp3) is 1.00. The highest BCUT2D eigenvalue weighted by Crippen LogP contribution is 2.07. The van der Waals surface area contributed by atoms with Gasteiger partial charge in [-0.25, -0.2) is 8.42 Å². The molecule has 0 spiro atoms. The molecule has 0 radical (unpaired) electrons. The van der Waals surface area contributed by atoms with Gasteiger partial charge in [-0.1, -0.05) is 45.4 Å². The van der Waals surface area contributed by atoms with Crippen molar-refractivity contribution >= 4 is 10.1 Å². The van der Waals surface area contributed by atoms with Gasteiger partial charge in [-0.2, -0.15) is 0 Å². The number of ether oxygens (including phenoxy) is 1. The van der Waals surface area contributed by atoms with Gasteiger partial charge in [0, 0.05) is 12.4 Å². The summed E-state index contributed by atoms with van der Waals surface area (Å²) in [6.45, 7) is 5.60. The Hall–Kier alpha value is -0.170. The Labute approximate surface area is 143 Å². The summed E-state index contributed by atoms with van der Waals surface area (Å²) in [6.07, 6.45) is 10.3. The quantitative estimate of drug-likeness (QED) is 0.243. The van der Waals surface area contributed by atoms with E-state index in [1.165, 1.54) is 38.5 Å². The largest absolute Gasteiger partial charge is 0.748 e. The Morgan fingerprint density at radius 1 is 0.826 bits per heavy atom. The van der Waals surface area contributed by atoms with E-state index in [9.17, 15) is 13.0 Å². The average molecular weight is 352 g/mol. The van der Waals surface area contributed by atoms with Gasteiger partial charge in [-0.3, -0.25) is 0 Å². The molecule has 0 rings (SSSR count). The first kappa shape index (κ1) is 22.8. The van der Waals surface area contributed by atoms with Gasteiger partial charge in [-0.15, -0.1) is 0 Å². The molecule has 0 aromatic heterocycles. The van der Waals surface area contributed by atoms with Gasteiger partial charge in [0.05, 0.1) is 37.4 Å². The monoisotopic (exact) mass is 351 g/mol. The summed E-state index contributed by atoms with van der Waals surface area (Å²) in [5.74, 6) is -0.248. The van der Waals surface area contributed by atoms with E-state index in [4.69, 9.17) is 4.74 Å². The highest BCUT2D eigenvalue weighted by atomic mass is 32.2. The Balaban J connectivity index is 3.44. The standard InChI is InChI=1S/C17H37NO4S/c1-4-5-6-7-8-9-11-15-22-16-14-18(2,3)13-10-12-17-23(19,20)21/h4-17H2,1-3H3. The zero-order valence-corrected chi connectivity index (χ0v) is 16.2. The van der Waals surface area contributed by atoms with E-state index < -0.39 is 10.1 Å². The maximum absolute atomic E-state index is 10.5. The summed E-state index contributed by atoms with van der Waals surface area (Å²) >= 11 is 0. The maximum atomic E-state index is 10.5. The minimum absolute atomic E-state index is 0.248. The molecule has 0 fully saturated rings. The van der Waals surface area contributed by atoms with Crippen molar-refractivity contribution in [2.75, 3.05) is 46.2 Å². The molecule has 0 N–H and O–H groups in total. The van der Waals surface area contributed by atoms with Crippen LogP contribution in [0.2, 0.25) is 0 Å². The molecule has 0 saturated heterocycles. The Morgan fingerprint density at radius 2 is 1.43 bits per heavy atom. The zero-order valence-electron chi connectivity index (χ0n) is 15.4. The number of nitrogens with zero attached hydrogens (tertiary/aromatic N) is 1. The molecular formula is C17H37NO4S. The molecule has 0 aromatic carbocycles. The molecule has 23 heavy (non-hydrogen) atoms. The molecule has 0 aliphatic rings. The fourth-order valence-corrected chi connectivity index (χ4v) is 3.06. The highest BCUT2D eigenvalue weighted by Gasteiger charge is 2.14. The van der Waals surface area contributed by atoms with Gasteiger partial charge in [0.1, 0.15) is 6.54 Å². The molecule has 6 heteroatoms. The second-order valence-electron chi connectivity index (χ2n) is 7.09. The van der Waals surface area contributed by atoms with Gasteiger partial charge in [-0.05, 0) is 19.3 Å². The number of hydrogen-bond acceptors (Lipinski definition) is 4. The van der Waals surface area contributed by atoms with E-state index in [1.54, 1.807) is 0 Å². The lowest BCUT2D eigenvalue weighted by Crippen LogP contribution is -2.43. The number of quaternary nitrogens is 1. The van der Waals surface area contributed by atoms with Gasteiger partial charge in [0.15, 0.2) is 0 Å². The van der Waals surface area contributed by atoms with Gasteiger partial charge in [0.2, 0.25) is 0 Å². The molecule has 0 aliphatic carbocycles. The van der Waals surface area contributed by atoms with Gasteiger partial charge < -0.3 is 13.8 Å². The summed E-state index contributed by atoms with van der Waals surface area (Å²) in [4.78, 5) is 0. The molecule has 0 aliphatic heterocycles. The Morgan fingerprint density at radius 3 is 2.04 bits per heavy atom. The van der Waals surface area contributed by atoms with Crippen molar-refractivity contribution in [3.63, 3.8) is 0 Å². The zero-order chi connectivity index (χ0) is 17.6. The topological polar surface area (TPSA) is 66.4 Å². The molecule has 5 nitrogen and oxygen atoms in total. The van der Waals surface area contributed by atoms with Gasteiger partial charge in [0.25, 0.3) is 0 Å². The summed E-state index contributed by atoms with van der Waals surface area (Å²) < 4.78 is 38.1. The number of likely N-dealkylation sites (N-methyl/N-ethyl adjacent to an activating group) is 1. The van der Waals surface area contributed by atoms with Crippen LogP contribution in [-0.4, -0.2) is 63.6 Å². The Bertz CT molecular complexity index is 369. The highest BCUT2D eigenvalue weighted by molar-refractivity contribution is 7.85. The average Bonchev–Trinajstić information content (AvgIpc) is 2.45. The van der Waals surface area contributed by atoms with Crippen LogP contribution >= 0.6 is 0 Å². The molecule has 0 aromatic rings. The lowest BCUT2D eigenvalue weighted by Gasteiger charge is -2.29. The predicted octanol–water partition coefficient (Wildman–Crippen LogP) is 3.16. The van der Waals surface area contributed by atoms with Crippen molar-refractivity contribution < 1.29 is 22.2 Å². The van der Waals surface area contributed by atoms with Crippen molar-refractivity contribution in [2.24, 2.45) is 0 Å². The van der Waals surface area contributed by atoms with Crippen LogP contribution in [0.3, 0.4) is 0 Å². The first-order valence-electron chi connectivity index (χ1n) is 9.10. The summed E-state index contributed by atoms with van der Waals surface area (Å²) in [6, 6.07) is 0. The van der Waals surface area contributed by atoms with E-state index in [0.717, 1.165) is 43.6 Å². The predicted molar refractivity (Wildman–Crippen MR) is 94.5 cm³/mol. The normalized spacial score (nSPS) is 12.7. The second kappa shape index (κ2) is 13.2. The van der Waals surface area contributed by atoms with Crippen molar-refractivity contribution in [1.82, 2.24) is 0 Å². The third kappa shape index (κ3) is 18.0. The van der Waals surface area contributed by atoms with Crippen molar-refractivity contribution in [2.45, 2.75) is 64.7 Å². The SMILES string of the molecule is CCCCCCCCCOCC[N+](C)(C)CCCCS(=O)(=O)[O-]. The van der Waals surface area contributed by atoms with Crippen LogP contribution in [0, 0.1) is 0 Å². The van der Waals surface area contributed by atoms with Gasteiger partial charge >= 0.3 is 0 Å². The molecule has 0 unspecified atom stereocenters. The van der Waals surface area contributed by atoms with Crippen molar-refractivity contribution in [3.8, 4) is 0 Å². The van der Waals surface area contributed by atoms with Crippen molar-refractivity contribution in [1.29, 1.82) is 0 Å². The summed E-state index contributed by atoms with van der Waals surface area (Å²) in [5.41, 5.74) is 0. The van der Waals surface area contributed by atoms with Crippen LogP contribution < -0.4 is 0 Å². The van der Waals surface area contributed by atoms with E-state index in [2.05, 4.69) is 21.0 Å². The van der Waals surface area contributed by atoms with E-state index in [-0.39, 0.29) is 5.75 Å². The molecule has 140 valence electrons. The summed E-state index contributed by atoms with van der Waals surface area (Å²) in [5, 5.41) is 0. The molecule has 0 bridgehead atoms. The maximum Gasteiger partial charge on any atom is 0.102 e. The lowest BCUT2D eigenvalue weighted by molar-refractivity contribution is -0.890. The molecule has 0 heterocycles. The van der Waals surface area contributed by atoms with E-state index >= 15 is 0 Å². The molecule has 0 atom stereocenters. The first-order chi connectivity index (χ1) is 10.8. The summed E-state index contributed by atoms with van der Waals surface area (Å²) in [7, 11) is 0.167. The molecule has 0 saturated carbocycles. The minimum Gasteiger partial charge on any atom is -0.748 e. The van der Waals surface area contributed by atoms with Crippen LogP contribution in [0.5, 0.6) is 0 Å². The Kier molecular flexibility index (Phi) is 13.1. The third-order valence-corrected chi connectivity index (χ3v) is 4.93. The van der Waals surface area contributed by atoms with Crippen LogP contribution in [0.1, 0.15) is 64.7 Å². The second-order valence-corrected chi connectivity index (χ2v) is 8.61. The first-order valence-corrected chi connectivity index (χ1v) is 10.7. The number of hydrogen-bond donors (Lipinski definition) is 0. The number of rotatable bonds is 16. The van der Waals surface area contributed by atoms with Crippen LogP contribution in [0.4, 0.5) is 0 Å². The van der Waals surface area contributed by atoms with E-state index in [1.807, 2.05) is 0 Å². The third-order valence-electron chi connectivity index (χ3n) is 4.14. The minimum atomic E-state index is -4.06. The fourth-order valence-electron chi connectivity index (χ4n) is 2.51. The molecular weight excluding hydrogens is 314 g/mol. The molecule has 0 amide bonds. The van der Waals surface area contributed by atoms with Crippen molar-refractivity contribution in [3.05, 3.63) is 0 Å². The van der Waals surface area contributed by atoms with Crippen LogP contribution in [0.25, 0.3) is 0 Å². The van der Waals surface area contributed by atoms with E-state index in [0.29, 0.717) is 6.42 Å². The van der Waals surface area contributed by atoms with Crippen LogP contribution in [-0.2, 0) is 14.9 Å². The number of unbranched alkanes of at least 4 members (excludes halogenated alkanes) is 7. The smallest absolute Gasteiger partial charge is 0.102 e. The van der Waals surface area contributed by atoms with Crippen LogP contribution in [0.15, 0.2) is 0 Å². The lowest BCUT2D eigenvalue weighted by atomic mass is 10.1.